The number of hydrazone groups is 1. The predicted octanol–water partition coefficient (Wildman–Crippen LogP) is 1.03. The van der Waals surface area contributed by atoms with Crippen molar-refractivity contribution in [1.82, 2.24) is 0 Å². The van der Waals surface area contributed by atoms with Crippen LogP contribution < -0.4 is 5.84 Å². The van der Waals surface area contributed by atoms with Crippen LogP contribution in [0.2, 0.25) is 0 Å². The lowest BCUT2D eigenvalue weighted by Gasteiger charge is -1.90. The molecule has 2 N–H and O–H groups in total. The zero-order chi connectivity index (χ0) is 5.70. The average Bonchev–Trinajstić information content (AvgIpc) is 1.72. The highest BCUT2D eigenvalue weighted by Crippen LogP contribution is 1.98. The summed E-state index contributed by atoms with van der Waals surface area (Å²) in [6, 6.07) is 0. The quantitative estimate of drug-likeness (QED) is 0.242. The van der Waals surface area contributed by atoms with E-state index in [-0.39, 0.29) is 0 Å². The first-order valence-electron chi connectivity index (χ1n) is 2.15. The second kappa shape index (κ2) is 3.99. The molecule has 0 amide bonds. The van der Waals surface area contributed by atoms with Crippen molar-refractivity contribution in [1.29, 1.82) is 0 Å². The molecule has 7 heavy (non-hydrogen) atoms. The van der Waals surface area contributed by atoms with Gasteiger partial charge in [-0.25, -0.2) is 0 Å². The fourth-order valence-electron chi connectivity index (χ4n) is 0.288. The van der Waals surface area contributed by atoms with E-state index in [4.69, 9.17) is 5.84 Å². The highest BCUT2D eigenvalue weighted by molar-refractivity contribution is 8.13. The second-order valence-corrected chi connectivity index (χ2v) is 1.96. The van der Waals surface area contributed by atoms with Gasteiger partial charge in [-0.15, -0.1) is 11.8 Å². The highest BCUT2D eigenvalue weighted by Gasteiger charge is 1.86. The lowest BCUT2D eigenvalue weighted by atomic mass is 10.5. The molecule has 0 unspecified atom stereocenters. The van der Waals surface area contributed by atoms with E-state index in [2.05, 4.69) is 5.10 Å². The molecule has 0 saturated carbocycles. The normalized spacial score (nSPS) is 12.0. The summed E-state index contributed by atoms with van der Waals surface area (Å²) in [7, 11) is 0. The van der Waals surface area contributed by atoms with Gasteiger partial charge in [0.2, 0.25) is 0 Å². The Hall–Kier alpha value is -0.180. The predicted molar refractivity (Wildman–Crippen MR) is 35.4 cm³/mol. The van der Waals surface area contributed by atoms with Crippen LogP contribution in [0.4, 0.5) is 0 Å². The van der Waals surface area contributed by atoms with Gasteiger partial charge >= 0.3 is 0 Å². The fraction of sp³-hybridized carbons (Fsp3) is 0.750. The Bertz CT molecular complexity index is 64.1. The maximum atomic E-state index is 4.96. The molecule has 42 valence electrons. The number of rotatable bonds is 1. The summed E-state index contributed by atoms with van der Waals surface area (Å²) < 4.78 is 0. The minimum absolute atomic E-state index is 0.942. The SMILES string of the molecule is CCC(=NN)SC. The van der Waals surface area contributed by atoms with E-state index in [0.29, 0.717) is 0 Å². The van der Waals surface area contributed by atoms with Crippen molar-refractivity contribution in [2.24, 2.45) is 10.9 Å². The average molecular weight is 118 g/mol. The molecule has 0 heterocycles. The van der Waals surface area contributed by atoms with Gasteiger partial charge < -0.3 is 5.84 Å². The van der Waals surface area contributed by atoms with E-state index in [1.807, 2.05) is 13.2 Å². The lowest BCUT2D eigenvalue weighted by molar-refractivity contribution is 1.20. The summed E-state index contributed by atoms with van der Waals surface area (Å²) in [6.45, 7) is 2.03. The summed E-state index contributed by atoms with van der Waals surface area (Å²) in [6.07, 6.45) is 2.91. The van der Waals surface area contributed by atoms with Crippen molar-refractivity contribution in [2.75, 3.05) is 6.26 Å². The molecule has 0 fully saturated rings. The van der Waals surface area contributed by atoms with Crippen LogP contribution in [0.3, 0.4) is 0 Å². The van der Waals surface area contributed by atoms with Crippen LogP contribution in [0.25, 0.3) is 0 Å². The summed E-state index contributed by atoms with van der Waals surface area (Å²) in [5.74, 6) is 4.96. The number of hydrogen-bond donors (Lipinski definition) is 1. The van der Waals surface area contributed by atoms with Crippen LogP contribution in [0.5, 0.6) is 0 Å². The third-order valence-electron chi connectivity index (χ3n) is 0.682. The van der Waals surface area contributed by atoms with Crippen molar-refractivity contribution >= 4 is 16.8 Å². The van der Waals surface area contributed by atoms with Gasteiger partial charge in [0, 0.05) is 0 Å². The topological polar surface area (TPSA) is 38.4 Å². The van der Waals surface area contributed by atoms with Crippen LogP contribution in [0, 0.1) is 0 Å². The molecule has 2 nitrogen and oxygen atoms in total. The Morgan fingerprint density at radius 2 is 2.43 bits per heavy atom. The van der Waals surface area contributed by atoms with E-state index < -0.39 is 0 Å². The summed E-state index contributed by atoms with van der Waals surface area (Å²) in [5.41, 5.74) is 0. The molecular weight excluding hydrogens is 108 g/mol. The first-order chi connectivity index (χ1) is 3.35. The monoisotopic (exact) mass is 118 g/mol. The first kappa shape index (κ1) is 6.82. The minimum Gasteiger partial charge on any atom is -0.323 e. The lowest BCUT2D eigenvalue weighted by Crippen LogP contribution is -1.92. The highest BCUT2D eigenvalue weighted by atomic mass is 32.2. The zero-order valence-electron chi connectivity index (χ0n) is 4.64. The maximum absolute atomic E-state index is 4.96. The molecule has 0 radical (unpaired) electrons. The molecule has 0 aromatic rings. The van der Waals surface area contributed by atoms with Crippen molar-refractivity contribution < 1.29 is 0 Å². The molecular formula is C4H10N2S. The number of thioether (sulfide) groups is 1. The Balaban J connectivity index is 3.38. The van der Waals surface area contributed by atoms with Gasteiger partial charge in [-0.1, -0.05) is 6.92 Å². The summed E-state index contributed by atoms with van der Waals surface area (Å²) >= 11 is 1.59. The number of hydrogen-bond acceptors (Lipinski definition) is 3. The number of nitrogens with zero attached hydrogens (tertiary/aromatic N) is 1. The van der Waals surface area contributed by atoms with Crippen LogP contribution in [0.1, 0.15) is 13.3 Å². The molecule has 0 saturated heterocycles. The summed E-state index contributed by atoms with van der Waals surface area (Å²) in [5, 5.41) is 4.50. The standard InChI is InChI=1S/C4H10N2S/c1-3-4(6-5)7-2/h3,5H2,1-2H3. The maximum Gasteiger partial charge on any atom is 0.0923 e. The first-order valence-corrected chi connectivity index (χ1v) is 3.38. The van der Waals surface area contributed by atoms with Gasteiger partial charge in [0.15, 0.2) is 0 Å². The zero-order valence-corrected chi connectivity index (χ0v) is 5.46. The Labute approximate surface area is 48.2 Å². The molecule has 0 spiro atoms. The molecule has 0 atom stereocenters. The molecule has 0 bridgehead atoms. The summed E-state index contributed by atoms with van der Waals surface area (Å²) in [4.78, 5) is 0. The van der Waals surface area contributed by atoms with E-state index in [1.165, 1.54) is 0 Å². The van der Waals surface area contributed by atoms with Gasteiger partial charge in [0.1, 0.15) is 0 Å². The van der Waals surface area contributed by atoms with Crippen LogP contribution in [-0.4, -0.2) is 11.3 Å². The van der Waals surface area contributed by atoms with Crippen LogP contribution >= 0.6 is 11.8 Å². The van der Waals surface area contributed by atoms with Crippen molar-refractivity contribution in [3.05, 3.63) is 0 Å². The van der Waals surface area contributed by atoms with Gasteiger partial charge in [-0.05, 0) is 12.7 Å². The second-order valence-electron chi connectivity index (χ2n) is 1.08. The van der Waals surface area contributed by atoms with Gasteiger partial charge in [0.05, 0.1) is 5.04 Å². The van der Waals surface area contributed by atoms with Gasteiger partial charge in [-0.3, -0.25) is 0 Å². The molecule has 0 aliphatic heterocycles. The third-order valence-corrected chi connectivity index (χ3v) is 1.55. The van der Waals surface area contributed by atoms with Crippen LogP contribution in [-0.2, 0) is 0 Å². The molecule has 0 rings (SSSR count). The van der Waals surface area contributed by atoms with E-state index in [0.717, 1.165) is 11.5 Å². The Kier molecular flexibility index (Phi) is 3.89. The molecule has 0 aromatic heterocycles. The van der Waals surface area contributed by atoms with E-state index >= 15 is 0 Å². The largest absolute Gasteiger partial charge is 0.323 e. The fourth-order valence-corrected chi connectivity index (χ4v) is 0.682. The molecule has 0 aliphatic carbocycles. The molecule has 0 aromatic carbocycles. The van der Waals surface area contributed by atoms with E-state index in [1.54, 1.807) is 11.8 Å². The van der Waals surface area contributed by atoms with Crippen molar-refractivity contribution in [3.8, 4) is 0 Å². The smallest absolute Gasteiger partial charge is 0.0923 e. The van der Waals surface area contributed by atoms with Gasteiger partial charge in [-0.2, -0.15) is 5.10 Å². The van der Waals surface area contributed by atoms with Crippen LogP contribution in [0.15, 0.2) is 5.10 Å². The number of nitrogens with two attached hydrogens (primary N) is 1. The Morgan fingerprint density at radius 1 is 1.86 bits per heavy atom. The van der Waals surface area contributed by atoms with Crippen molar-refractivity contribution in [3.63, 3.8) is 0 Å². The third kappa shape index (κ3) is 2.51. The minimum atomic E-state index is 0.942. The Morgan fingerprint density at radius 3 is 2.43 bits per heavy atom. The molecule has 0 aliphatic rings. The van der Waals surface area contributed by atoms with Crippen molar-refractivity contribution in [2.45, 2.75) is 13.3 Å². The molecule has 3 heteroatoms. The van der Waals surface area contributed by atoms with Gasteiger partial charge in [0.25, 0.3) is 0 Å². The van der Waals surface area contributed by atoms with E-state index in [9.17, 15) is 0 Å².